The standard InChI is InChI=1S/C17H17Cl2NO2/c1-22-16-5-3-2-4-13(16)10-17(21)20-9-8-12-6-7-14(18)11-15(12)19/h2-7,11H,8-10H2,1H3,(H,20,21). The molecule has 2 aromatic rings. The van der Waals surface area contributed by atoms with Gasteiger partial charge in [-0.25, -0.2) is 0 Å². The van der Waals surface area contributed by atoms with E-state index in [1.807, 2.05) is 30.3 Å². The lowest BCUT2D eigenvalue weighted by atomic mass is 10.1. The van der Waals surface area contributed by atoms with Gasteiger partial charge in [-0.1, -0.05) is 47.5 Å². The van der Waals surface area contributed by atoms with Gasteiger partial charge in [0.05, 0.1) is 13.5 Å². The van der Waals surface area contributed by atoms with Crippen molar-refractivity contribution in [1.29, 1.82) is 0 Å². The molecule has 0 aromatic heterocycles. The fourth-order valence-electron chi connectivity index (χ4n) is 2.15. The molecule has 0 heterocycles. The quantitative estimate of drug-likeness (QED) is 0.867. The second-order valence-electron chi connectivity index (χ2n) is 4.82. The van der Waals surface area contributed by atoms with Gasteiger partial charge in [-0.3, -0.25) is 4.79 Å². The first-order valence-corrected chi connectivity index (χ1v) is 7.68. The van der Waals surface area contributed by atoms with Crippen molar-refractivity contribution in [3.8, 4) is 5.75 Å². The zero-order valence-corrected chi connectivity index (χ0v) is 13.7. The van der Waals surface area contributed by atoms with E-state index in [4.69, 9.17) is 27.9 Å². The van der Waals surface area contributed by atoms with Gasteiger partial charge in [-0.05, 0) is 30.2 Å². The number of ether oxygens (including phenoxy) is 1. The van der Waals surface area contributed by atoms with E-state index in [1.54, 1.807) is 19.2 Å². The van der Waals surface area contributed by atoms with E-state index in [0.717, 1.165) is 16.9 Å². The Morgan fingerprint density at radius 1 is 1.14 bits per heavy atom. The third-order valence-corrected chi connectivity index (χ3v) is 3.86. The Bertz CT molecular complexity index is 659. The molecule has 1 amide bonds. The molecule has 0 unspecified atom stereocenters. The summed E-state index contributed by atoms with van der Waals surface area (Å²) in [6, 6.07) is 12.9. The van der Waals surface area contributed by atoms with Crippen LogP contribution in [-0.2, 0) is 17.6 Å². The van der Waals surface area contributed by atoms with Crippen LogP contribution in [0.25, 0.3) is 0 Å². The number of benzene rings is 2. The molecular formula is C17H17Cl2NO2. The van der Waals surface area contributed by atoms with Crippen molar-refractivity contribution in [2.45, 2.75) is 12.8 Å². The Morgan fingerprint density at radius 3 is 2.64 bits per heavy atom. The zero-order chi connectivity index (χ0) is 15.9. The molecule has 0 radical (unpaired) electrons. The van der Waals surface area contributed by atoms with Crippen LogP contribution >= 0.6 is 23.2 Å². The number of rotatable bonds is 6. The summed E-state index contributed by atoms with van der Waals surface area (Å²) in [6.07, 6.45) is 0.950. The van der Waals surface area contributed by atoms with Crippen LogP contribution in [0.5, 0.6) is 5.75 Å². The molecular weight excluding hydrogens is 321 g/mol. The van der Waals surface area contributed by atoms with Crippen molar-refractivity contribution in [3.05, 3.63) is 63.6 Å². The third-order valence-electron chi connectivity index (χ3n) is 3.28. The molecule has 2 rings (SSSR count). The van der Waals surface area contributed by atoms with Gasteiger partial charge in [-0.2, -0.15) is 0 Å². The van der Waals surface area contributed by atoms with Crippen LogP contribution < -0.4 is 10.1 Å². The van der Waals surface area contributed by atoms with Crippen LogP contribution in [0.15, 0.2) is 42.5 Å². The Labute approximate surface area is 140 Å². The van der Waals surface area contributed by atoms with E-state index in [0.29, 0.717) is 29.4 Å². The van der Waals surface area contributed by atoms with Gasteiger partial charge < -0.3 is 10.1 Å². The van der Waals surface area contributed by atoms with Gasteiger partial charge in [0.2, 0.25) is 5.91 Å². The number of amides is 1. The Hall–Kier alpha value is -1.71. The number of carbonyl (C=O) groups excluding carboxylic acids is 1. The minimum atomic E-state index is -0.0467. The predicted octanol–water partition coefficient (Wildman–Crippen LogP) is 3.90. The third kappa shape index (κ3) is 4.65. The minimum absolute atomic E-state index is 0.0467. The van der Waals surface area contributed by atoms with Gasteiger partial charge in [0.1, 0.15) is 5.75 Å². The normalized spacial score (nSPS) is 10.3. The smallest absolute Gasteiger partial charge is 0.224 e. The highest BCUT2D eigenvalue weighted by atomic mass is 35.5. The first kappa shape index (κ1) is 16.7. The van der Waals surface area contributed by atoms with Gasteiger partial charge in [0, 0.05) is 22.2 Å². The summed E-state index contributed by atoms with van der Waals surface area (Å²) >= 11 is 12.0. The van der Waals surface area contributed by atoms with Crippen LogP contribution in [0.2, 0.25) is 10.0 Å². The molecule has 5 heteroatoms. The summed E-state index contributed by atoms with van der Waals surface area (Å²) in [7, 11) is 1.60. The molecule has 0 bridgehead atoms. The maximum atomic E-state index is 12.0. The fourth-order valence-corrected chi connectivity index (χ4v) is 2.65. The van der Waals surface area contributed by atoms with E-state index in [1.165, 1.54) is 0 Å². The first-order valence-electron chi connectivity index (χ1n) is 6.92. The number of methoxy groups -OCH3 is 1. The first-order chi connectivity index (χ1) is 10.6. The van der Waals surface area contributed by atoms with E-state index >= 15 is 0 Å². The van der Waals surface area contributed by atoms with Crippen LogP contribution in [0.4, 0.5) is 0 Å². The Morgan fingerprint density at radius 2 is 1.91 bits per heavy atom. The topological polar surface area (TPSA) is 38.3 Å². The van der Waals surface area contributed by atoms with Crippen molar-refractivity contribution in [2.75, 3.05) is 13.7 Å². The van der Waals surface area contributed by atoms with Gasteiger partial charge in [-0.15, -0.1) is 0 Å². The SMILES string of the molecule is COc1ccccc1CC(=O)NCCc1ccc(Cl)cc1Cl. The molecule has 1 N–H and O–H groups in total. The van der Waals surface area contributed by atoms with E-state index < -0.39 is 0 Å². The number of nitrogens with one attached hydrogen (secondary N) is 1. The highest BCUT2D eigenvalue weighted by Crippen LogP contribution is 2.21. The molecule has 116 valence electrons. The van der Waals surface area contributed by atoms with Crippen LogP contribution in [0.3, 0.4) is 0 Å². The van der Waals surface area contributed by atoms with Crippen molar-refractivity contribution in [3.63, 3.8) is 0 Å². The van der Waals surface area contributed by atoms with E-state index in [9.17, 15) is 4.79 Å². The van der Waals surface area contributed by atoms with Crippen LogP contribution in [0.1, 0.15) is 11.1 Å². The second-order valence-corrected chi connectivity index (χ2v) is 5.67. The second kappa shape index (κ2) is 8.06. The lowest BCUT2D eigenvalue weighted by molar-refractivity contribution is -0.120. The summed E-state index contributed by atoms with van der Waals surface area (Å²) in [5.74, 6) is 0.674. The molecule has 0 spiro atoms. The average Bonchev–Trinajstić information content (AvgIpc) is 2.50. The molecule has 0 atom stereocenters. The Balaban J connectivity index is 1.85. The molecule has 2 aromatic carbocycles. The summed E-state index contributed by atoms with van der Waals surface area (Å²) in [5.41, 5.74) is 1.83. The number of halogens is 2. The molecule has 0 saturated heterocycles. The maximum absolute atomic E-state index is 12.0. The summed E-state index contributed by atoms with van der Waals surface area (Å²) in [5, 5.41) is 4.11. The number of hydrogen-bond acceptors (Lipinski definition) is 2. The summed E-state index contributed by atoms with van der Waals surface area (Å²) in [6.45, 7) is 0.523. The average molecular weight is 338 g/mol. The summed E-state index contributed by atoms with van der Waals surface area (Å²) < 4.78 is 5.24. The lowest BCUT2D eigenvalue weighted by Gasteiger charge is -2.09. The molecule has 0 fully saturated rings. The largest absolute Gasteiger partial charge is 0.496 e. The molecule has 0 aliphatic carbocycles. The molecule has 0 saturated carbocycles. The highest BCUT2D eigenvalue weighted by molar-refractivity contribution is 6.35. The van der Waals surface area contributed by atoms with Gasteiger partial charge in [0.15, 0.2) is 0 Å². The monoisotopic (exact) mass is 337 g/mol. The summed E-state index contributed by atoms with van der Waals surface area (Å²) in [4.78, 5) is 12.0. The van der Waals surface area contributed by atoms with Crippen molar-refractivity contribution >= 4 is 29.1 Å². The Kier molecular flexibility index (Phi) is 6.10. The molecule has 22 heavy (non-hydrogen) atoms. The van der Waals surface area contributed by atoms with Crippen molar-refractivity contribution in [1.82, 2.24) is 5.32 Å². The fraction of sp³-hybridized carbons (Fsp3) is 0.235. The number of carbonyl (C=O) groups is 1. The van der Waals surface area contributed by atoms with Crippen LogP contribution in [-0.4, -0.2) is 19.6 Å². The van der Waals surface area contributed by atoms with Crippen LogP contribution in [0, 0.1) is 0 Å². The predicted molar refractivity (Wildman–Crippen MR) is 89.9 cm³/mol. The van der Waals surface area contributed by atoms with Gasteiger partial charge in [0.25, 0.3) is 0 Å². The zero-order valence-electron chi connectivity index (χ0n) is 12.2. The lowest BCUT2D eigenvalue weighted by Crippen LogP contribution is -2.27. The van der Waals surface area contributed by atoms with Gasteiger partial charge >= 0.3 is 0 Å². The van der Waals surface area contributed by atoms with E-state index in [-0.39, 0.29) is 5.91 Å². The molecule has 0 aliphatic rings. The number of hydrogen-bond donors (Lipinski definition) is 1. The number of para-hydroxylation sites is 1. The van der Waals surface area contributed by atoms with Crippen molar-refractivity contribution in [2.24, 2.45) is 0 Å². The van der Waals surface area contributed by atoms with Crippen molar-refractivity contribution < 1.29 is 9.53 Å². The van der Waals surface area contributed by atoms with E-state index in [2.05, 4.69) is 5.32 Å². The highest BCUT2D eigenvalue weighted by Gasteiger charge is 2.08. The minimum Gasteiger partial charge on any atom is -0.496 e. The molecule has 0 aliphatic heterocycles. The molecule has 3 nitrogen and oxygen atoms in total. The maximum Gasteiger partial charge on any atom is 0.224 e.